The number of pyridine rings is 1. The average Bonchev–Trinajstić information content (AvgIpc) is 2.09. The van der Waals surface area contributed by atoms with E-state index < -0.39 is 0 Å². The van der Waals surface area contributed by atoms with Gasteiger partial charge in [-0.3, -0.25) is 0 Å². The van der Waals surface area contributed by atoms with Gasteiger partial charge in [-0.2, -0.15) is 0 Å². The first-order valence-electron chi connectivity index (χ1n) is 4.09. The number of hydrogen-bond acceptors (Lipinski definition) is 3. The van der Waals surface area contributed by atoms with E-state index in [4.69, 9.17) is 5.73 Å². The molecule has 68 valence electrons. The zero-order valence-electron chi connectivity index (χ0n) is 7.89. The Kier molecular flexibility index (Phi) is 3.30. The predicted octanol–water partition coefficient (Wildman–Crippen LogP) is 0.543. The van der Waals surface area contributed by atoms with Crippen LogP contribution in [0.25, 0.3) is 0 Å². The lowest BCUT2D eigenvalue weighted by molar-refractivity contribution is 0.938. The van der Waals surface area contributed by atoms with Gasteiger partial charge in [0.1, 0.15) is 5.69 Å². The van der Waals surface area contributed by atoms with Crippen molar-refractivity contribution in [1.82, 2.24) is 10.3 Å². The lowest BCUT2D eigenvalue weighted by Crippen LogP contribution is -2.04. The summed E-state index contributed by atoms with van der Waals surface area (Å²) in [6.45, 7) is 2.60. The second-order valence-electron chi connectivity index (χ2n) is 2.78. The highest BCUT2D eigenvalue weighted by Gasteiger charge is 1.95. The number of hydrogen-bond donors (Lipinski definition) is 2. The molecular formula is C10H13N3. The van der Waals surface area contributed by atoms with Crippen LogP contribution in [0, 0.1) is 18.8 Å². The van der Waals surface area contributed by atoms with Crippen LogP contribution in [-0.2, 0) is 0 Å². The fraction of sp³-hybridized carbons (Fsp3) is 0.300. The molecule has 0 amide bonds. The van der Waals surface area contributed by atoms with Crippen molar-refractivity contribution < 1.29 is 0 Å². The minimum absolute atomic E-state index is 0.642. The van der Waals surface area contributed by atoms with Gasteiger partial charge in [-0.1, -0.05) is 5.92 Å². The fourth-order valence-electron chi connectivity index (χ4n) is 0.913. The summed E-state index contributed by atoms with van der Waals surface area (Å²) in [6, 6.07) is 1.87. The molecule has 0 fully saturated rings. The number of nitrogens with two attached hydrogens (primary N) is 1. The number of aryl methyl sites for hydroxylation is 1. The Morgan fingerprint density at radius 3 is 3.00 bits per heavy atom. The van der Waals surface area contributed by atoms with Crippen molar-refractivity contribution in [3.63, 3.8) is 0 Å². The van der Waals surface area contributed by atoms with Gasteiger partial charge in [0.2, 0.25) is 0 Å². The third-order valence-corrected chi connectivity index (χ3v) is 1.53. The van der Waals surface area contributed by atoms with Crippen LogP contribution in [0.1, 0.15) is 11.3 Å². The molecule has 1 heterocycles. The predicted molar refractivity (Wildman–Crippen MR) is 54.2 cm³/mol. The van der Waals surface area contributed by atoms with Gasteiger partial charge in [0.05, 0.1) is 12.2 Å². The molecule has 1 rings (SSSR count). The van der Waals surface area contributed by atoms with Crippen LogP contribution in [0.3, 0.4) is 0 Å². The van der Waals surface area contributed by atoms with E-state index in [1.165, 1.54) is 0 Å². The largest absolute Gasteiger partial charge is 0.396 e. The standard InChI is InChI=1S/C10H13N3/c1-8-6-9(11)10(13-7-8)4-3-5-12-2/h6-7,12H,5,11H2,1-2H3. The van der Waals surface area contributed by atoms with Gasteiger partial charge in [-0.15, -0.1) is 0 Å². The van der Waals surface area contributed by atoms with Gasteiger partial charge in [-0.05, 0) is 31.5 Å². The summed E-state index contributed by atoms with van der Waals surface area (Å²) in [6.07, 6.45) is 1.76. The maximum atomic E-state index is 5.72. The number of aromatic nitrogens is 1. The summed E-state index contributed by atoms with van der Waals surface area (Å²) in [5, 5.41) is 2.93. The summed E-state index contributed by atoms with van der Waals surface area (Å²) in [5.41, 5.74) is 8.07. The Hall–Kier alpha value is -1.53. The third-order valence-electron chi connectivity index (χ3n) is 1.53. The molecule has 0 aromatic carbocycles. The van der Waals surface area contributed by atoms with Crippen molar-refractivity contribution in [2.45, 2.75) is 6.92 Å². The van der Waals surface area contributed by atoms with E-state index in [2.05, 4.69) is 22.1 Å². The second kappa shape index (κ2) is 4.48. The van der Waals surface area contributed by atoms with Gasteiger partial charge in [-0.25, -0.2) is 4.98 Å². The highest BCUT2D eigenvalue weighted by molar-refractivity contribution is 5.52. The Bertz CT molecular complexity index is 347. The molecule has 0 spiro atoms. The molecule has 3 heteroatoms. The number of nitrogens with zero attached hydrogens (tertiary/aromatic N) is 1. The lowest BCUT2D eigenvalue weighted by atomic mass is 10.2. The third kappa shape index (κ3) is 2.77. The average molecular weight is 175 g/mol. The van der Waals surface area contributed by atoms with Gasteiger partial charge in [0.15, 0.2) is 0 Å². The Morgan fingerprint density at radius 2 is 2.38 bits per heavy atom. The Labute approximate surface area is 78.4 Å². The first-order valence-corrected chi connectivity index (χ1v) is 4.09. The topological polar surface area (TPSA) is 50.9 Å². The summed E-state index contributed by atoms with van der Waals surface area (Å²) in [4.78, 5) is 4.12. The van der Waals surface area contributed by atoms with Crippen LogP contribution >= 0.6 is 0 Å². The second-order valence-corrected chi connectivity index (χ2v) is 2.78. The SMILES string of the molecule is CNCC#Cc1ncc(C)cc1N. The number of nitrogen functional groups attached to an aromatic ring is 1. The van der Waals surface area contributed by atoms with Crippen molar-refractivity contribution in [3.05, 3.63) is 23.5 Å². The highest BCUT2D eigenvalue weighted by Crippen LogP contribution is 2.08. The summed E-state index contributed by atoms with van der Waals surface area (Å²) in [5.74, 6) is 5.80. The van der Waals surface area contributed by atoms with E-state index in [-0.39, 0.29) is 0 Å². The van der Waals surface area contributed by atoms with Crippen LogP contribution in [0.4, 0.5) is 5.69 Å². The van der Waals surface area contributed by atoms with Crippen molar-refractivity contribution in [1.29, 1.82) is 0 Å². The van der Waals surface area contributed by atoms with Gasteiger partial charge >= 0.3 is 0 Å². The zero-order chi connectivity index (χ0) is 9.68. The van der Waals surface area contributed by atoms with Crippen LogP contribution < -0.4 is 11.1 Å². The summed E-state index contributed by atoms with van der Waals surface area (Å²) >= 11 is 0. The Balaban J connectivity index is 2.85. The zero-order valence-corrected chi connectivity index (χ0v) is 7.89. The fourth-order valence-corrected chi connectivity index (χ4v) is 0.913. The summed E-state index contributed by atoms with van der Waals surface area (Å²) in [7, 11) is 1.85. The lowest BCUT2D eigenvalue weighted by Gasteiger charge is -1.97. The normalized spacial score (nSPS) is 9.08. The number of rotatable bonds is 1. The molecule has 0 aliphatic carbocycles. The van der Waals surface area contributed by atoms with Gasteiger partial charge in [0.25, 0.3) is 0 Å². The van der Waals surface area contributed by atoms with E-state index in [0.717, 1.165) is 5.56 Å². The molecule has 0 atom stereocenters. The maximum absolute atomic E-state index is 5.72. The van der Waals surface area contributed by atoms with Crippen molar-refractivity contribution >= 4 is 5.69 Å². The molecule has 0 aliphatic rings. The van der Waals surface area contributed by atoms with Crippen molar-refractivity contribution in [2.75, 3.05) is 19.3 Å². The van der Waals surface area contributed by atoms with Crippen LogP contribution in [0.15, 0.2) is 12.3 Å². The first-order chi connectivity index (χ1) is 6.24. The molecule has 1 aromatic heterocycles. The minimum atomic E-state index is 0.642. The molecule has 0 saturated carbocycles. The van der Waals surface area contributed by atoms with E-state index in [9.17, 15) is 0 Å². The molecule has 0 aliphatic heterocycles. The molecule has 1 aromatic rings. The monoisotopic (exact) mass is 175 g/mol. The molecule has 0 saturated heterocycles. The Morgan fingerprint density at radius 1 is 1.62 bits per heavy atom. The highest BCUT2D eigenvalue weighted by atomic mass is 14.8. The molecule has 13 heavy (non-hydrogen) atoms. The molecular weight excluding hydrogens is 162 g/mol. The molecule has 0 bridgehead atoms. The van der Waals surface area contributed by atoms with Crippen molar-refractivity contribution in [2.24, 2.45) is 0 Å². The summed E-state index contributed by atoms with van der Waals surface area (Å²) < 4.78 is 0. The van der Waals surface area contributed by atoms with Crippen LogP contribution in [0.2, 0.25) is 0 Å². The van der Waals surface area contributed by atoms with Gasteiger partial charge in [0, 0.05) is 6.20 Å². The molecule has 3 N–H and O–H groups in total. The molecule has 0 unspecified atom stereocenters. The maximum Gasteiger partial charge on any atom is 0.136 e. The van der Waals surface area contributed by atoms with E-state index in [1.54, 1.807) is 6.20 Å². The van der Waals surface area contributed by atoms with Crippen LogP contribution in [-0.4, -0.2) is 18.6 Å². The number of nitrogens with one attached hydrogen (secondary N) is 1. The van der Waals surface area contributed by atoms with Crippen LogP contribution in [0.5, 0.6) is 0 Å². The quantitative estimate of drug-likeness (QED) is 0.613. The van der Waals surface area contributed by atoms with Gasteiger partial charge < -0.3 is 11.1 Å². The van der Waals surface area contributed by atoms with E-state index >= 15 is 0 Å². The van der Waals surface area contributed by atoms with Crippen molar-refractivity contribution in [3.8, 4) is 11.8 Å². The smallest absolute Gasteiger partial charge is 0.136 e. The number of anilines is 1. The van der Waals surface area contributed by atoms with E-state index in [1.807, 2.05) is 20.0 Å². The molecule has 3 nitrogen and oxygen atoms in total. The molecule has 0 radical (unpaired) electrons. The van der Waals surface area contributed by atoms with E-state index in [0.29, 0.717) is 17.9 Å². The first kappa shape index (κ1) is 9.56. The minimum Gasteiger partial charge on any atom is -0.396 e.